The average Bonchev–Trinajstić information content (AvgIpc) is 2.62. The molecule has 4 nitrogen and oxygen atoms in total. The number of aliphatic imine (C=N–C) groups is 1. The molecular formula is C19H17BrN4. The second kappa shape index (κ2) is 5.74. The van der Waals surface area contributed by atoms with Gasteiger partial charge in [-0.1, -0.05) is 47.1 Å². The number of para-hydroxylation sites is 1. The molecule has 0 saturated carbocycles. The van der Waals surface area contributed by atoms with Gasteiger partial charge < -0.3 is 0 Å². The van der Waals surface area contributed by atoms with E-state index in [1.165, 1.54) is 5.56 Å². The maximum Gasteiger partial charge on any atom is 0.201 e. The van der Waals surface area contributed by atoms with E-state index >= 15 is 0 Å². The van der Waals surface area contributed by atoms with Gasteiger partial charge in [-0.05, 0) is 43.5 Å². The van der Waals surface area contributed by atoms with Crippen molar-refractivity contribution in [1.29, 1.82) is 0 Å². The number of halogens is 1. The first-order valence-corrected chi connectivity index (χ1v) is 8.86. The first kappa shape index (κ1) is 15.4. The summed E-state index contributed by atoms with van der Waals surface area (Å²) in [5, 5.41) is 8.67. The van der Waals surface area contributed by atoms with E-state index in [9.17, 15) is 0 Å². The molecule has 0 radical (unpaired) electrons. The summed E-state index contributed by atoms with van der Waals surface area (Å²) >= 11 is 3.69. The van der Waals surface area contributed by atoms with Crippen LogP contribution >= 0.6 is 15.9 Å². The molecule has 24 heavy (non-hydrogen) atoms. The monoisotopic (exact) mass is 380 g/mol. The van der Waals surface area contributed by atoms with Crippen molar-refractivity contribution in [2.75, 3.05) is 0 Å². The Labute approximate surface area is 149 Å². The third-order valence-electron chi connectivity index (χ3n) is 4.65. The lowest BCUT2D eigenvalue weighted by Gasteiger charge is -2.31. The molecule has 5 heteroatoms. The summed E-state index contributed by atoms with van der Waals surface area (Å²) in [5.41, 5.74) is 4.67. The molecule has 1 aromatic heterocycles. The molecule has 4 rings (SSSR count). The third kappa shape index (κ3) is 2.53. The van der Waals surface area contributed by atoms with E-state index in [-0.39, 0.29) is 5.54 Å². The van der Waals surface area contributed by atoms with Crippen LogP contribution in [0, 0.1) is 0 Å². The molecule has 2 heterocycles. The fraction of sp³-hybridized carbons (Fsp3) is 0.263. The fourth-order valence-corrected chi connectivity index (χ4v) is 3.57. The molecule has 0 bridgehead atoms. The maximum atomic E-state index is 5.02. The standard InChI is InChI=1S/C19H17BrN4/c1-3-19(2)11-13-12(7-6-8-14(13)20)17(22-19)18-21-15-9-4-5-10-16(15)23-24-18/h4-10H,3,11H2,1-2H3. The minimum absolute atomic E-state index is 0.152. The van der Waals surface area contributed by atoms with E-state index in [2.05, 4.69) is 52.1 Å². The number of hydrogen-bond acceptors (Lipinski definition) is 4. The van der Waals surface area contributed by atoms with Crippen molar-refractivity contribution in [3.8, 4) is 0 Å². The molecule has 120 valence electrons. The van der Waals surface area contributed by atoms with Crippen LogP contribution in [0.2, 0.25) is 0 Å². The largest absolute Gasteiger partial charge is 0.274 e. The highest BCUT2D eigenvalue weighted by molar-refractivity contribution is 9.10. The van der Waals surface area contributed by atoms with Gasteiger partial charge in [0.05, 0.1) is 11.1 Å². The van der Waals surface area contributed by atoms with Gasteiger partial charge in [0.25, 0.3) is 0 Å². The van der Waals surface area contributed by atoms with Crippen LogP contribution in [0.15, 0.2) is 51.9 Å². The van der Waals surface area contributed by atoms with E-state index in [1.807, 2.05) is 30.3 Å². The Balaban J connectivity index is 1.95. The zero-order valence-corrected chi connectivity index (χ0v) is 15.2. The number of hydrogen-bond donors (Lipinski definition) is 0. The van der Waals surface area contributed by atoms with Crippen molar-refractivity contribution in [1.82, 2.24) is 15.2 Å². The molecule has 0 N–H and O–H groups in total. The molecule has 0 amide bonds. The van der Waals surface area contributed by atoms with E-state index in [4.69, 9.17) is 9.98 Å². The van der Waals surface area contributed by atoms with Crippen LogP contribution in [-0.4, -0.2) is 26.4 Å². The van der Waals surface area contributed by atoms with Gasteiger partial charge in [0.15, 0.2) is 0 Å². The first-order chi connectivity index (χ1) is 11.6. The number of rotatable bonds is 2. The van der Waals surface area contributed by atoms with Crippen molar-refractivity contribution in [2.45, 2.75) is 32.2 Å². The normalized spacial score (nSPS) is 19.9. The Bertz CT molecular complexity index is 966. The van der Waals surface area contributed by atoms with E-state index in [0.717, 1.165) is 39.6 Å². The summed E-state index contributed by atoms with van der Waals surface area (Å²) < 4.78 is 1.11. The van der Waals surface area contributed by atoms with Crippen LogP contribution < -0.4 is 0 Å². The van der Waals surface area contributed by atoms with Crippen molar-refractivity contribution in [3.05, 3.63) is 63.9 Å². The van der Waals surface area contributed by atoms with Crippen LogP contribution in [0.1, 0.15) is 37.2 Å². The van der Waals surface area contributed by atoms with Crippen LogP contribution in [0.25, 0.3) is 11.0 Å². The van der Waals surface area contributed by atoms with Crippen molar-refractivity contribution in [2.24, 2.45) is 4.99 Å². The molecule has 1 unspecified atom stereocenters. The smallest absolute Gasteiger partial charge is 0.201 e. The number of nitrogens with zero attached hydrogens (tertiary/aromatic N) is 4. The molecule has 0 spiro atoms. The predicted octanol–water partition coefficient (Wildman–Crippen LogP) is 4.35. The van der Waals surface area contributed by atoms with Gasteiger partial charge >= 0.3 is 0 Å². The van der Waals surface area contributed by atoms with E-state index in [1.54, 1.807) is 0 Å². The van der Waals surface area contributed by atoms with Crippen molar-refractivity contribution >= 4 is 32.7 Å². The van der Waals surface area contributed by atoms with Gasteiger partial charge in [-0.2, -0.15) is 0 Å². The quantitative estimate of drug-likeness (QED) is 0.663. The highest BCUT2D eigenvalue weighted by Crippen LogP contribution is 2.34. The predicted molar refractivity (Wildman–Crippen MR) is 99.5 cm³/mol. The molecule has 1 aliphatic rings. The maximum absolute atomic E-state index is 5.02. The summed E-state index contributed by atoms with van der Waals surface area (Å²) in [4.78, 5) is 9.73. The second-order valence-corrected chi connectivity index (χ2v) is 7.23. The highest BCUT2D eigenvalue weighted by Gasteiger charge is 2.32. The average molecular weight is 381 g/mol. The number of fused-ring (bicyclic) bond motifs is 2. The number of benzene rings is 2. The Hall–Kier alpha value is -2.14. The molecule has 0 fully saturated rings. The number of aromatic nitrogens is 3. The van der Waals surface area contributed by atoms with Gasteiger partial charge in [-0.3, -0.25) is 4.99 Å². The molecule has 3 aromatic rings. The van der Waals surface area contributed by atoms with Crippen LogP contribution in [0.5, 0.6) is 0 Å². The van der Waals surface area contributed by atoms with E-state index < -0.39 is 0 Å². The highest BCUT2D eigenvalue weighted by atomic mass is 79.9. The van der Waals surface area contributed by atoms with Crippen LogP contribution in [0.4, 0.5) is 0 Å². The zero-order chi connectivity index (χ0) is 16.7. The van der Waals surface area contributed by atoms with Gasteiger partial charge in [0.1, 0.15) is 11.2 Å². The third-order valence-corrected chi connectivity index (χ3v) is 5.39. The zero-order valence-electron chi connectivity index (χ0n) is 13.6. The first-order valence-electron chi connectivity index (χ1n) is 8.07. The molecular weight excluding hydrogens is 364 g/mol. The summed E-state index contributed by atoms with van der Waals surface area (Å²) in [6, 6.07) is 14.0. The summed E-state index contributed by atoms with van der Waals surface area (Å²) in [6.45, 7) is 4.35. The minimum Gasteiger partial charge on any atom is -0.274 e. The Kier molecular flexibility index (Phi) is 3.68. The van der Waals surface area contributed by atoms with Crippen molar-refractivity contribution < 1.29 is 0 Å². The van der Waals surface area contributed by atoms with Gasteiger partial charge in [-0.25, -0.2) is 4.98 Å². The minimum atomic E-state index is -0.152. The lowest BCUT2D eigenvalue weighted by atomic mass is 9.84. The fourth-order valence-electron chi connectivity index (χ4n) is 3.07. The Morgan fingerprint density at radius 3 is 2.62 bits per heavy atom. The SMILES string of the molecule is CCC1(C)Cc2c(Br)cccc2C(c2nnc3ccccc3n2)=N1. The summed E-state index contributed by atoms with van der Waals surface area (Å²) in [6.07, 6.45) is 1.86. The molecule has 0 aliphatic carbocycles. The Morgan fingerprint density at radius 2 is 1.83 bits per heavy atom. The van der Waals surface area contributed by atoms with E-state index in [0.29, 0.717) is 5.82 Å². The molecule has 0 saturated heterocycles. The lowest BCUT2D eigenvalue weighted by Crippen LogP contribution is -2.33. The summed E-state index contributed by atoms with van der Waals surface area (Å²) in [5.74, 6) is 0.590. The van der Waals surface area contributed by atoms with Gasteiger partial charge in [0.2, 0.25) is 5.82 Å². The molecule has 2 aromatic carbocycles. The summed E-state index contributed by atoms with van der Waals surface area (Å²) in [7, 11) is 0. The Morgan fingerprint density at radius 1 is 1.04 bits per heavy atom. The molecule has 1 atom stereocenters. The van der Waals surface area contributed by atoms with Crippen LogP contribution in [0.3, 0.4) is 0 Å². The van der Waals surface area contributed by atoms with Crippen molar-refractivity contribution in [3.63, 3.8) is 0 Å². The lowest BCUT2D eigenvalue weighted by molar-refractivity contribution is 0.447. The topological polar surface area (TPSA) is 51.0 Å². The second-order valence-electron chi connectivity index (χ2n) is 6.38. The van der Waals surface area contributed by atoms with Crippen LogP contribution in [-0.2, 0) is 6.42 Å². The van der Waals surface area contributed by atoms with Gasteiger partial charge in [-0.15, -0.1) is 10.2 Å². The molecule has 1 aliphatic heterocycles. The van der Waals surface area contributed by atoms with Gasteiger partial charge in [0, 0.05) is 10.0 Å².